The van der Waals surface area contributed by atoms with Crippen LogP contribution in [0.15, 0.2) is 42.7 Å². The van der Waals surface area contributed by atoms with Crippen LogP contribution in [0.25, 0.3) is 11.4 Å². The van der Waals surface area contributed by atoms with Crippen LogP contribution in [0, 0.1) is 0 Å². The SMILES string of the molecule is CCCNC(C)Cn1ccnc1-c1ccccc1. The van der Waals surface area contributed by atoms with Gasteiger partial charge < -0.3 is 9.88 Å². The number of hydrogen-bond acceptors (Lipinski definition) is 2. The van der Waals surface area contributed by atoms with Gasteiger partial charge in [-0.1, -0.05) is 37.3 Å². The average molecular weight is 243 g/mol. The second-order valence-corrected chi connectivity index (χ2v) is 4.62. The van der Waals surface area contributed by atoms with Crippen molar-refractivity contribution in [2.45, 2.75) is 32.9 Å². The van der Waals surface area contributed by atoms with Gasteiger partial charge in [0.05, 0.1) is 0 Å². The van der Waals surface area contributed by atoms with E-state index >= 15 is 0 Å². The van der Waals surface area contributed by atoms with E-state index in [4.69, 9.17) is 0 Å². The molecule has 1 unspecified atom stereocenters. The summed E-state index contributed by atoms with van der Waals surface area (Å²) in [5, 5.41) is 3.50. The lowest BCUT2D eigenvalue weighted by Crippen LogP contribution is -2.30. The molecule has 0 saturated carbocycles. The fraction of sp³-hybridized carbons (Fsp3) is 0.400. The van der Waals surface area contributed by atoms with E-state index in [1.165, 1.54) is 12.0 Å². The Bertz CT molecular complexity index is 462. The van der Waals surface area contributed by atoms with Crippen molar-refractivity contribution >= 4 is 0 Å². The average Bonchev–Trinajstić information content (AvgIpc) is 2.85. The Balaban J connectivity index is 2.09. The van der Waals surface area contributed by atoms with Crippen molar-refractivity contribution in [3.05, 3.63) is 42.7 Å². The number of nitrogens with one attached hydrogen (secondary N) is 1. The third-order valence-corrected chi connectivity index (χ3v) is 2.96. The highest BCUT2D eigenvalue weighted by molar-refractivity contribution is 5.55. The Morgan fingerprint density at radius 1 is 1.28 bits per heavy atom. The van der Waals surface area contributed by atoms with Crippen LogP contribution in [0.5, 0.6) is 0 Å². The lowest BCUT2D eigenvalue weighted by molar-refractivity contribution is 0.479. The summed E-state index contributed by atoms with van der Waals surface area (Å²) in [6, 6.07) is 10.8. The highest BCUT2D eigenvalue weighted by Crippen LogP contribution is 2.16. The standard InChI is InChI=1S/C15H21N3/c1-3-9-16-13(2)12-18-11-10-17-15(18)14-7-5-4-6-8-14/h4-8,10-11,13,16H,3,9,12H2,1-2H3. The van der Waals surface area contributed by atoms with Crippen molar-refractivity contribution < 1.29 is 0 Å². The maximum atomic E-state index is 4.45. The normalized spacial score (nSPS) is 12.6. The summed E-state index contributed by atoms with van der Waals surface area (Å²) in [6.45, 7) is 6.41. The lowest BCUT2D eigenvalue weighted by Gasteiger charge is -2.15. The molecule has 3 nitrogen and oxygen atoms in total. The number of imidazole rings is 1. The van der Waals surface area contributed by atoms with Gasteiger partial charge in [0, 0.05) is 30.5 Å². The van der Waals surface area contributed by atoms with Crippen molar-refractivity contribution in [2.75, 3.05) is 6.54 Å². The quantitative estimate of drug-likeness (QED) is 0.845. The van der Waals surface area contributed by atoms with Gasteiger partial charge in [0.25, 0.3) is 0 Å². The minimum Gasteiger partial charge on any atom is -0.329 e. The summed E-state index contributed by atoms with van der Waals surface area (Å²) in [7, 11) is 0. The van der Waals surface area contributed by atoms with Gasteiger partial charge >= 0.3 is 0 Å². The second-order valence-electron chi connectivity index (χ2n) is 4.62. The first-order valence-electron chi connectivity index (χ1n) is 6.61. The molecule has 0 spiro atoms. The fourth-order valence-electron chi connectivity index (χ4n) is 2.05. The van der Waals surface area contributed by atoms with Gasteiger partial charge in [-0.15, -0.1) is 0 Å². The minimum absolute atomic E-state index is 0.460. The van der Waals surface area contributed by atoms with E-state index in [1.807, 2.05) is 30.6 Å². The smallest absolute Gasteiger partial charge is 0.139 e. The third kappa shape index (κ3) is 3.20. The predicted molar refractivity (Wildman–Crippen MR) is 75.4 cm³/mol. The van der Waals surface area contributed by atoms with Crippen LogP contribution in [0.2, 0.25) is 0 Å². The van der Waals surface area contributed by atoms with E-state index < -0.39 is 0 Å². The van der Waals surface area contributed by atoms with Gasteiger partial charge in [0.1, 0.15) is 5.82 Å². The van der Waals surface area contributed by atoms with E-state index in [1.54, 1.807) is 0 Å². The summed E-state index contributed by atoms with van der Waals surface area (Å²) in [5.74, 6) is 1.04. The molecule has 0 amide bonds. The Labute approximate surface area is 109 Å². The van der Waals surface area contributed by atoms with Gasteiger partial charge in [-0.3, -0.25) is 0 Å². The number of aromatic nitrogens is 2. The van der Waals surface area contributed by atoms with Gasteiger partial charge in [-0.05, 0) is 19.9 Å². The molecule has 1 N–H and O–H groups in total. The van der Waals surface area contributed by atoms with Crippen LogP contribution in [-0.2, 0) is 6.54 Å². The van der Waals surface area contributed by atoms with Crippen molar-refractivity contribution in [3.8, 4) is 11.4 Å². The largest absolute Gasteiger partial charge is 0.329 e. The summed E-state index contributed by atoms with van der Waals surface area (Å²) in [6.07, 6.45) is 5.08. The third-order valence-electron chi connectivity index (χ3n) is 2.96. The molecule has 0 aliphatic rings. The summed E-state index contributed by atoms with van der Waals surface area (Å²) < 4.78 is 2.21. The van der Waals surface area contributed by atoms with E-state index in [-0.39, 0.29) is 0 Å². The van der Waals surface area contributed by atoms with Crippen molar-refractivity contribution in [1.29, 1.82) is 0 Å². The molecule has 0 saturated heterocycles. The highest BCUT2D eigenvalue weighted by atomic mass is 15.1. The van der Waals surface area contributed by atoms with Crippen molar-refractivity contribution in [1.82, 2.24) is 14.9 Å². The van der Waals surface area contributed by atoms with Crippen molar-refractivity contribution in [2.24, 2.45) is 0 Å². The zero-order chi connectivity index (χ0) is 12.8. The molecule has 1 aromatic carbocycles. The maximum Gasteiger partial charge on any atom is 0.139 e. The van der Waals surface area contributed by atoms with Crippen LogP contribution >= 0.6 is 0 Å². The molecule has 0 aliphatic carbocycles. The topological polar surface area (TPSA) is 29.9 Å². The second kappa shape index (κ2) is 6.36. The first-order valence-corrected chi connectivity index (χ1v) is 6.61. The predicted octanol–water partition coefficient (Wildman–Crippen LogP) is 2.94. The highest BCUT2D eigenvalue weighted by Gasteiger charge is 2.08. The molecule has 0 radical (unpaired) electrons. The molecule has 1 heterocycles. The Hall–Kier alpha value is -1.61. The fourth-order valence-corrected chi connectivity index (χ4v) is 2.05. The maximum absolute atomic E-state index is 4.45. The molecule has 3 heteroatoms. The molecule has 18 heavy (non-hydrogen) atoms. The van der Waals surface area contributed by atoms with E-state index in [0.29, 0.717) is 6.04 Å². The first kappa shape index (κ1) is 12.8. The van der Waals surface area contributed by atoms with Crippen LogP contribution in [-0.4, -0.2) is 22.1 Å². The molecule has 0 bridgehead atoms. The Morgan fingerprint density at radius 2 is 2.06 bits per heavy atom. The van der Waals surface area contributed by atoms with Gasteiger partial charge in [-0.25, -0.2) is 4.98 Å². The molecular weight excluding hydrogens is 222 g/mol. The van der Waals surface area contributed by atoms with Crippen LogP contribution in [0.1, 0.15) is 20.3 Å². The Kier molecular flexibility index (Phi) is 4.53. The molecule has 0 aliphatic heterocycles. The van der Waals surface area contributed by atoms with Gasteiger partial charge in [0.15, 0.2) is 0 Å². The van der Waals surface area contributed by atoms with Crippen molar-refractivity contribution in [3.63, 3.8) is 0 Å². The van der Waals surface area contributed by atoms with E-state index in [9.17, 15) is 0 Å². The summed E-state index contributed by atoms with van der Waals surface area (Å²) in [5.41, 5.74) is 1.17. The lowest BCUT2D eigenvalue weighted by atomic mass is 10.2. The minimum atomic E-state index is 0.460. The van der Waals surface area contributed by atoms with E-state index in [2.05, 4.69) is 40.8 Å². The van der Waals surface area contributed by atoms with Crippen LogP contribution in [0.3, 0.4) is 0 Å². The zero-order valence-corrected chi connectivity index (χ0v) is 11.1. The molecule has 2 rings (SSSR count). The van der Waals surface area contributed by atoms with Gasteiger partial charge in [-0.2, -0.15) is 0 Å². The zero-order valence-electron chi connectivity index (χ0n) is 11.1. The number of benzene rings is 1. The molecule has 2 aromatic rings. The molecule has 96 valence electrons. The number of rotatable bonds is 6. The summed E-state index contributed by atoms with van der Waals surface area (Å²) >= 11 is 0. The monoisotopic (exact) mass is 243 g/mol. The van der Waals surface area contributed by atoms with E-state index in [0.717, 1.165) is 18.9 Å². The molecular formula is C15H21N3. The molecule has 0 fully saturated rings. The number of nitrogens with zero attached hydrogens (tertiary/aromatic N) is 2. The number of hydrogen-bond donors (Lipinski definition) is 1. The van der Waals surface area contributed by atoms with Crippen LogP contribution < -0.4 is 5.32 Å². The summed E-state index contributed by atoms with van der Waals surface area (Å²) in [4.78, 5) is 4.45. The molecule has 1 aromatic heterocycles. The van der Waals surface area contributed by atoms with Gasteiger partial charge in [0.2, 0.25) is 0 Å². The molecule has 1 atom stereocenters. The Morgan fingerprint density at radius 3 is 2.78 bits per heavy atom. The first-order chi connectivity index (χ1) is 8.81. The van der Waals surface area contributed by atoms with Crippen LogP contribution in [0.4, 0.5) is 0 Å².